The van der Waals surface area contributed by atoms with Gasteiger partial charge in [0.05, 0.1) is 18.1 Å². The predicted molar refractivity (Wildman–Crippen MR) is 101 cm³/mol. The molecule has 6 heteroatoms. The Balaban J connectivity index is 1.60. The molecular formula is C20H23NO4S. The highest BCUT2D eigenvalue weighted by molar-refractivity contribution is 7.91. The normalized spacial score (nSPS) is 15.7. The number of nitrogens with zero attached hydrogens (tertiary/aromatic N) is 1. The average Bonchev–Trinajstić information content (AvgIpc) is 2.68. The van der Waals surface area contributed by atoms with Crippen LogP contribution in [0.15, 0.2) is 54.6 Å². The lowest BCUT2D eigenvalue weighted by atomic mass is 10.1. The zero-order valence-corrected chi connectivity index (χ0v) is 15.6. The summed E-state index contributed by atoms with van der Waals surface area (Å²) in [6.45, 7) is 0.924. The molecule has 0 atom stereocenters. The second kappa shape index (κ2) is 7.91. The van der Waals surface area contributed by atoms with Crippen LogP contribution in [-0.2, 0) is 15.6 Å². The molecule has 1 amide bonds. The van der Waals surface area contributed by atoms with Crippen molar-refractivity contribution in [3.8, 4) is 5.75 Å². The Hall–Kier alpha value is -2.34. The first kappa shape index (κ1) is 18.5. The first-order valence-electron chi connectivity index (χ1n) is 8.68. The molecule has 0 unspecified atom stereocenters. The smallest absolute Gasteiger partial charge is 0.253 e. The number of methoxy groups -OCH3 is 1. The molecule has 0 bridgehead atoms. The highest BCUT2D eigenvalue weighted by Crippen LogP contribution is 2.23. The van der Waals surface area contributed by atoms with E-state index in [0.29, 0.717) is 37.2 Å². The summed E-state index contributed by atoms with van der Waals surface area (Å²) in [6.07, 6.45) is 0.966. The molecule has 0 aliphatic carbocycles. The molecule has 1 heterocycles. The van der Waals surface area contributed by atoms with Gasteiger partial charge in [-0.25, -0.2) is 8.42 Å². The number of carbonyl (C=O) groups excluding carboxylic acids is 1. The second-order valence-corrected chi connectivity index (χ2v) is 8.79. The molecule has 1 aliphatic heterocycles. The Kier molecular flexibility index (Phi) is 5.61. The van der Waals surface area contributed by atoms with E-state index in [2.05, 4.69) is 0 Å². The van der Waals surface area contributed by atoms with Crippen LogP contribution in [0.2, 0.25) is 0 Å². The van der Waals surface area contributed by atoms with Crippen LogP contribution in [0.25, 0.3) is 0 Å². The van der Waals surface area contributed by atoms with Crippen LogP contribution in [0.3, 0.4) is 0 Å². The third-order valence-electron chi connectivity index (χ3n) is 4.78. The fraction of sp³-hybridized carbons (Fsp3) is 0.350. The lowest BCUT2D eigenvalue weighted by Gasteiger charge is -2.32. The number of amides is 1. The molecule has 26 heavy (non-hydrogen) atoms. The molecule has 1 fully saturated rings. The zero-order chi connectivity index (χ0) is 18.6. The topological polar surface area (TPSA) is 63.7 Å². The maximum Gasteiger partial charge on any atom is 0.253 e. The molecule has 0 aromatic heterocycles. The lowest BCUT2D eigenvalue weighted by molar-refractivity contribution is 0.0725. The van der Waals surface area contributed by atoms with Crippen molar-refractivity contribution in [1.82, 2.24) is 4.90 Å². The van der Waals surface area contributed by atoms with E-state index in [0.717, 1.165) is 5.56 Å². The van der Waals surface area contributed by atoms with Gasteiger partial charge in [-0.05, 0) is 42.7 Å². The van der Waals surface area contributed by atoms with Gasteiger partial charge in [0.2, 0.25) is 0 Å². The maximum absolute atomic E-state index is 12.7. The molecule has 138 valence electrons. The summed E-state index contributed by atoms with van der Waals surface area (Å²) in [5.74, 6) is 0.698. The van der Waals surface area contributed by atoms with E-state index in [9.17, 15) is 13.2 Å². The van der Waals surface area contributed by atoms with E-state index in [1.165, 1.54) is 0 Å². The summed E-state index contributed by atoms with van der Waals surface area (Å²) in [6, 6.07) is 16.2. The molecule has 0 saturated carbocycles. The van der Waals surface area contributed by atoms with Crippen molar-refractivity contribution in [1.29, 1.82) is 0 Å². The maximum atomic E-state index is 12.7. The summed E-state index contributed by atoms with van der Waals surface area (Å²) < 4.78 is 30.4. The minimum atomic E-state index is -3.21. The molecular weight excluding hydrogens is 350 g/mol. The summed E-state index contributed by atoms with van der Waals surface area (Å²) in [5, 5.41) is -0.386. The van der Waals surface area contributed by atoms with Crippen molar-refractivity contribution in [2.75, 3.05) is 20.2 Å². The SMILES string of the molecule is COc1ccc(C(=O)N2CCC(S(=O)(=O)Cc3ccccc3)CC2)cc1. The Bertz CT molecular complexity index is 839. The Morgan fingerprint density at radius 1 is 1.04 bits per heavy atom. The van der Waals surface area contributed by atoms with Crippen LogP contribution in [0.1, 0.15) is 28.8 Å². The van der Waals surface area contributed by atoms with Crippen molar-refractivity contribution in [2.45, 2.75) is 23.8 Å². The van der Waals surface area contributed by atoms with Gasteiger partial charge in [0.1, 0.15) is 5.75 Å². The summed E-state index contributed by atoms with van der Waals surface area (Å²) >= 11 is 0. The lowest BCUT2D eigenvalue weighted by Crippen LogP contribution is -2.42. The number of rotatable bonds is 5. The number of sulfone groups is 1. The quantitative estimate of drug-likeness (QED) is 0.808. The van der Waals surface area contributed by atoms with Crippen LogP contribution in [0, 0.1) is 0 Å². The van der Waals surface area contributed by atoms with Gasteiger partial charge in [0, 0.05) is 18.7 Å². The minimum Gasteiger partial charge on any atom is -0.497 e. The van der Waals surface area contributed by atoms with E-state index in [1.807, 2.05) is 30.3 Å². The molecule has 1 saturated heterocycles. The molecule has 0 spiro atoms. The number of carbonyl (C=O) groups is 1. The van der Waals surface area contributed by atoms with E-state index in [1.54, 1.807) is 36.3 Å². The highest BCUT2D eigenvalue weighted by atomic mass is 32.2. The van der Waals surface area contributed by atoms with Crippen LogP contribution in [-0.4, -0.2) is 44.7 Å². The number of piperidine rings is 1. The number of benzene rings is 2. The zero-order valence-electron chi connectivity index (χ0n) is 14.8. The van der Waals surface area contributed by atoms with Crippen LogP contribution >= 0.6 is 0 Å². The van der Waals surface area contributed by atoms with Crippen molar-refractivity contribution in [2.24, 2.45) is 0 Å². The van der Waals surface area contributed by atoms with Gasteiger partial charge in [-0.15, -0.1) is 0 Å². The second-order valence-electron chi connectivity index (χ2n) is 6.51. The summed E-state index contributed by atoms with van der Waals surface area (Å²) in [4.78, 5) is 14.3. The van der Waals surface area contributed by atoms with Crippen LogP contribution in [0.5, 0.6) is 5.75 Å². The Labute approximate surface area is 154 Å². The van der Waals surface area contributed by atoms with Gasteiger partial charge in [0.15, 0.2) is 9.84 Å². The van der Waals surface area contributed by atoms with Crippen molar-refractivity contribution in [3.63, 3.8) is 0 Å². The van der Waals surface area contributed by atoms with Gasteiger partial charge < -0.3 is 9.64 Å². The monoisotopic (exact) mass is 373 g/mol. The number of hydrogen-bond acceptors (Lipinski definition) is 4. The predicted octanol–water partition coefficient (Wildman–Crippen LogP) is 2.91. The molecule has 2 aromatic carbocycles. The highest BCUT2D eigenvalue weighted by Gasteiger charge is 2.31. The number of ether oxygens (including phenoxy) is 1. The molecule has 0 radical (unpaired) electrons. The summed E-state index contributed by atoms with van der Waals surface area (Å²) in [5.41, 5.74) is 1.40. The first-order valence-corrected chi connectivity index (χ1v) is 10.4. The number of likely N-dealkylation sites (tertiary alicyclic amines) is 1. The fourth-order valence-corrected chi connectivity index (χ4v) is 5.08. The van der Waals surface area contributed by atoms with E-state index in [-0.39, 0.29) is 16.9 Å². The van der Waals surface area contributed by atoms with Crippen molar-refractivity contribution < 1.29 is 17.9 Å². The van der Waals surface area contributed by atoms with Crippen molar-refractivity contribution in [3.05, 3.63) is 65.7 Å². The van der Waals surface area contributed by atoms with E-state index >= 15 is 0 Å². The van der Waals surface area contributed by atoms with Crippen LogP contribution < -0.4 is 4.74 Å². The van der Waals surface area contributed by atoms with Crippen molar-refractivity contribution >= 4 is 15.7 Å². The third kappa shape index (κ3) is 4.25. The van der Waals surface area contributed by atoms with Crippen LogP contribution in [0.4, 0.5) is 0 Å². The Morgan fingerprint density at radius 2 is 1.65 bits per heavy atom. The third-order valence-corrected chi connectivity index (χ3v) is 7.01. The van der Waals surface area contributed by atoms with Gasteiger partial charge in [-0.1, -0.05) is 30.3 Å². The van der Waals surface area contributed by atoms with Gasteiger partial charge >= 0.3 is 0 Å². The largest absolute Gasteiger partial charge is 0.497 e. The molecule has 2 aromatic rings. The Morgan fingerprint density at radius 3 is 2.23 bits per heavy atom. The fourth-order valence-electron chi connectivity index (χ4n) is 3.26. The molecule has 0 N–H and O–H groups in total. The van der Waals surface area contributed by atoms with E-state index < -0.39 is 9.84 Å². The average molecular weight is 373 g/mol. The minimum absolute atomic E-state index is 0.0604. The summed E-state index contributed by atoms with van der Waals surface area (Å²) in [7, 11) is -1.63. The first-order chi connectivity index (χ1) is 12.5. The van der Waals surface area contributed by atoms with E-state index in [4.69, 9.17) is 4.74 Å². The molecule has 5 nitrogen and oxygen atoms in total. The molecule has 1 aliphatic rings. The van der Waals surface area contributed by atoms with Gasteiger partial charge in [0.25, 0.3) is 5.91 Å². The van der Waals surface area contributed by atoms with Gasteiger partial charge in [-0.2, -0.15) is 0 Å². The van der Waals surface area contributed by atoms with Gasteiger partial charge in [-0.3, -0.25) is 4.79 Å². The standard InChI is InChI=1S/C20H23NO4S/c1-25-18-9-7-17(8-10-18)20(22)21-13-11-19(12-14-21)26(23,24)15-16-5-3-2-4-6-16/h2-10,19H,11-15H2,1H3. The number of hydrogen-bond donors (Lipinski definition) is 0. The molecule has 3 rings (SSSR count).